The average Bonchev–Trinajstić information content (AvgIpc) is 2.52. The van der Waals surface area contributed by atoms with Crippen molar-refractivity contribution < 1.29 is 14.3 Å². The molecule has 0 aromatic rings. The second-order valence-electron chi connectivity index (χ2n) is 5.63. The molecule has 1 N–H and O–H groups in total. The van der Waals surface area contributed by atoms with Gasteiger partial charge in [0.05, 0.1) is 6.61 Å². The third-order valence-corrected chi connectivity index (χ3v) is 3.61. The van der Waals surface area contributed by atoms with E-state index >= 15 is 0 Å². The number of nitrogens with zero attached hydrogens (tertiary/aromatic N) is 1. The summed E-state index contributed by atoms with van der Waals surface area (Å²) < 4.78 is 5.14. The summed E-state index contributed by atoms with van der Waals surface area (Å²) in [5.41, 5.74) is 0. The predicted molar refractivity (Wildman–Crippen MR) is 89.7 cm³/mol. The molecule has 130 valence electrons. The number of rotatable bonds is 14. The molecule has 0 aromatic heterocycles. The van der Waals surface area contributed by atoms with Gasteiger partial charge in [-0.15, -0.1) is 0 Å². The molecular formula is C17H34N2O3. The molecule has 22 heavy (non-hydrogen) atoms. The van der Waals surface area contributed by atoms with Gasteiger partial charge in [0, 0.05) is 39.6 Å². The third-order valence-electron chi connectivity index (χ3n) is 3.61. The van der Waals surface area contributed by atoms with E-state index < -0.39 is 0 Å². The Morgan fingerprint density at radius 1 is 1.00 bits per heavy atom. The molecule has 0 spiro atoms. The highest BCUT2D eigenvalue weighted by Gasteiger charge is 2.10. The maximum Gasteiger partial charge on any atom is 0.222 e. The molecule has 0 aliphatic heterocycles. The fourth-order valence-electron chi connectivity index (χ4n) is 2.16. The van der Waals surface area contributed by atoms with Crippen molar-refractivity contribution in [3.05, 3.63) is 0 Å². The van der Waals surface area contributed by atoms with E-state index in [-0.39, 0.29) is 24.7 Å². The number of amides is 2. The van der Waals surface area contributed by atoms with Crippen LogP contribution in [0.15, 0.2) is 0 Å². The Bertz CT molecular complexity index is 296. The summed E-state index contributed by atoms with van der Waals surface area (Å²) in [6.45, 7) is 6.59. The van der Waals surface area contributed by atoms with Crippen LogP contribution in [-0.2, 0) is 14.3 Å². The molecule has 0 radical (unpaired) electrons. The van der Waals surface area contributed by atoms with E-state index in [1.807, 2.05) is 14.0 Å². The summed E-state index contributed by atoms with van der Waals surface area (Å²) in [4.78, 5) is 25.2. The van der Waals surface area contributed by atoms with Crippen LogP contribution in [0.5, 0.6) is 0 Å². The average molecular weight is 314 g/mol. The highest BCUT2D eigenvalue weighted by molar-refractivity contribution is 5.83. The van der Waals surface area contributed by atoms with Crippen LogP contribution in [0.2, 0.25) is 0 Å². The molecule has 0 rings (SSSR count). The zero-order chi connectivity index (χ0) is 16.6. The largest absolute Gasteiger partial charge is 0.380 e. The summed E-state index contributed by atoms with van der Waals surface area (Å²) in [5, 5.41) is 2.75. The second-order valence-corrected chi connectivity index (χ2v) is 5.63. The lowest BCUT2D eigenvalue weighted by Gasteiger charge is -2.17. The first-order valence-electron chi connectivity index (χ1n) is 8.70. The Kier molecular flexibility index (Phi) is 14.1. The van der Waals surface area contributed by atoms with Crippen LogP contribution < -0.4 is 5.32 Å². The van der Waals surface area contributed by atoms with Gasteiger partial charge in [-0.25, -0.2) is 0 Å². The second kappa shape index (κ2) is 14.8. The summed E-state index contributed by atoms with van der Waals surface area (Å²) in [6.07, 6.45) is 7.85. The van der Waals surface area contributed by atoms with Crippen molar-refractivity contribution in [2.45, 2.75) is 65.2 Å². The fraction of sp³-hybridized carbons (Fsp3) is 0.882. The number of nitrogens with one attached hydrogen (secondary N) is 1. The maximum atomic E-state index is 11.9. The van der Waals surface area contributed by atoms with E-state index in [1.165, 1.54) is 32.1 Å². The van der Waals surface area contributed by atoms with Gasteiger partial charge in [-0.05, 0) is 13.3 Å². The number of ether oxygens (including phenoxy) is 1. The topological polar surface area (TPSA) is 58.6 Å². The lowest BCUT2D eigenvalue weighted by molar-refractivity contribution is -0.132. The maximum absolute atomic E-state index is 11.9. The smallest absolute Gasteiger partial charge is 0.222 e. The summed E-state index contributed by atoms with van der Waals surface area (Å²) in [7, 11) is 1.82. The normalized spacial score (nSPS) is 10.5. The van der Waals surface area contributed by atoms with Gasteiger partial charge in [0.15, 0.2) is 0 Å². The van der Waals surface area contributed by atoms with Gasteiger partial charge >= 0.3 is 0 Å². The summed E-state index contributed by atoms with van der Waals surface area (Å²) in [6, 6.07) is 0. The van der Waals surface area contributed by atoms with Crippen LogP contribution >= 0.6 is 0 Å². The van der Waals surface area contributed by atoms with E-state index in [1.54, 1.807) is 4.90 Å². The van der Waals surface area contributed by atoms with E-state index in [4.69, 9.17) is 4.74 Å². The van der Waals surface area contributed by atoms with Gasteiger partial charge in [-0.2, -0.15) is 0 Å². The van der Waals surface area contributed by atoms with Crippen molar-refractivity contribution in [1.29, 1.82) is 0 Å². The van der Waals surface area contributed by atoms with Crippen molar-refractivity contribution >= 4 is 11.8 Å². The molecule has 0 atom stereocenters. The SMILES string of the molecule is CCCCCCCCN(C)C(=O)CCC(=O)NCCOCC. The van der Waals surface area contributed by atoms with Crippen molar-refractivity contribution in [1.82, 2.24) is 10.2 Å². The summed E-state index contributed by atoms with van der Waals surface area (Å²) >= 11 is 0. The van der Waals surface area contributed by atoms with Crippen molar-refractivity contribution in [2.24, 2.45) is 0 Å². The van der Waals surface area contributed by atoms with Gasteiger partial charge in [0.25, 0.3) is 0 Å². The fourth-order valence-corrected chi connectivity index (χ4v) is 2.16. The molecule has 0 fully saturated rings. The van der Waals surface area contributed by atoms with Gasteiger partial charge < -0.3 is 15.0 Å². The number of hydrogen-bond donors (Lipinski definition) is 1. The minimum Gasteiger partial charge on any atom is -0.380 e. The molecule has 0 saturated carbocycles. The molecule has 0 aliphatic rings. The Balaban J connectivity index is 3.58. The molecular weight excluding hydrogens is 280 g/mol. The van der Waals surface area contributed by atoms with Crippen molar-refractivity contribution in [2.75, 3.05) is 33.4 Å². The van der Waals surface area contributed by atoms with Crippen LogP contribution in [0.4, 0.5) is 0 Å². The molecule has 5 nitrogen and oxygen atoms in total. The molecule has 0 bridgehead atoms. The first-order chi connectivity index (χ1) is 10.6. The van der Waals surface area contributed by atoms with E-state index in [9.17, 15) is 9.59 Å². The Hall–Kier alpha value is -1.10. The highest BCUT2D eigenvalue weighted by atomic mass is 16.5. The van der Waals surface area contributed by atoms with Crippen LogP contribution in [0.25, 0.3) is 0 Å². The van der Waals surface area contributed by atoms with Gasteiger partial charge in [0.1, 0.15) is 0 Å². The monoisotopic (exact) mass is 314 g/mol. The number of unbranched alkanes of at least 4 members (excludes halogenated alkanes) is 5. The number of hydrogen-bond acceptors (Lipinski definition) is 3. The molecule has 0 saturated heterocycles. The van der Waals surface area contributed by atoms with Crippen LogP contribution in [0.3, 0.4) is 0 Å². The third kappa shape index (κ3) is 12.6. The Labute approximate surface area is 135 Å². The lowest BCUT2D eigenvalue weighted by atomic mass is 10.1. The molecule has 0 aromatic carbocycles. The van der Waals surface area contributed by atoms with Gasteiger partial charge in [-0.1, -0.05) is 39.0 Å². The van der Waals surface area contributed by atoms with Crippen LogP contribution in [-0.4, -0.2) is 50.1 Å². The van der Waals surface area contributed by atoms with E-state index in [0.717, 1.165) is 13.0 Å². The van der Waals surface area contributed by atoms with Crippen molar-refractivity contribution in [3.63, 3.8) is 0 Å². The van der Waals surface area contributed by atoms with Crippen LogP contribution in [0.1, 0.15) is 65.2 Å². The zero-order valence-corrected chi connectivity index (χ0v) is 14.7. The van der Waals surface area contributed by atoms with Gasteiger partial charge in [0.2, 0.25) is 11.8 Å². The minimum atomic E-state index is -0.0824. The molecule has 0 unspecified atom stereocenters. The molecule has 2 amide bonds. The Morgan fingerprint density at radius 2 is 1.68 bits per heavy atom. The highest BCUT2D eigenvalue weighted by Crippen LogP contribution is 2.06. The first kappa shape index (κ1) is 20.9. The van der Waals surface area contributed by atoms with E-state index in [0.29, 0.717) is 19.8 Å². The lowest BCUT2D eigenvalue weighted by Crippen LogP contribution is -2.31. The zero-order valence-electron chi connectivity index (χ0n) is 14.7. The summed E-state index contributed by atoms with van der Waals surface area (Å²) in [5.74, 6) is -0.0328. The molecule has 5 heteroatoms. The molecule has 0 heterocycles. The quantitative estimate of drug-likeness (QED) is 0.502. The number of carbonyl (C=O) groups is 2. The predicted octanol–water partition coefficient (Wildman–Crippen LogP) is 2.74. The minimum absolute atomic E-state index is 0.0496. The van der Waals surface area contributed by atoms with Crippen molar-refractivity contribution in [3.8, 4) is 0 Å². The first-order valence-corrected chi connectivity index (χ1v) is 8.70. The van der Waals surface area contributed by atoms with E-state index in [2.05, 4.69) is 12.2 Å². The van der Waals surface area contributed by atoms with Gasteiger partial charge in [-0.3, -0.25) is 9.59 Å². The standard InChI is InChI=1S/C17H34N2O3/c1-4-6-7-8-9-10-14-19(3)17(21)12-11-16(20)18-13-15-22-5-2/h4-15H2,1-3H3,(H,18,20). The Morgan fingerprint density at radius 3 is 2.36 bits per heavy atom. The molecule has 0 aliphatic carbocycles. The number of carbonyl (C=O) groups excluding carboxylic acids is 2. The van der Waals surface area contributed by atoms with Crippen LogP contribution in [0, 0.1) is 0 Å².